The topological polar surface area (TPSA) is 93.7 Å². The minimum Gasteiger partial charge on any atom is -0.465 e. The van der Waals surface area contributed by atoms with Gasteiger partial charge in [-0.15, -0.1) is 0 Å². The Morgan fingerprint density at radius 1 is 1.08 bits per heavy atom. The molecule has 0 aromatic heterocycles. The fraction of sp³-hybridized carbons (Fsp3) is 0.500. The highest BCUT2D eigenvalue weighted by Gasteiger charge is 2.23. The van der Waals surface area contributed by atoms with E-state index in [0.717, 1.165) is 5.56 Å². The molecule has 7 nitrogen and oxygen atoms in total. The van der Waals surface area contributed by atoms with Crippen molar-refractivity contribution in [2.75, 3.05) is 13.2 Å². The highest BCUT2D eigenvalue weighted by Crippen LogP contribution is 2.06. The number of carbonyl (C=O) groups excluding carboxylic acids is 3. The van der Waals surface area contributed by atoms with Crippen LogP contribution in [0.5, 0.6) is 0 Å². The Morgan fingerprint density at radius 3 is 2.36 bits per heavy atom. The van der Waals surface area contributed by atoms with Crippen molar-refractivity contribution in [1.29, 1.82) is 0 Å². The largest absolute Gasteiger partial charge is 0.465 e. The second-order valence-corrected chi connectivity index (χ2v) is 5.91. The number of rotatable bonds is 9. The summed E-state index contributed by atoms with van der Waals surface area (Å²) in [6, 6.07) is 8.46. The molecule has 0 radical (unpaired) electrons. The Labute approximate surface area is 148 Å². The minimum atomic E-state index is -0.780. The van der Waals surface area contributed by atoms with E-state index < -0.39 is 24.0 Å². The summed E-state index contributed by atoms with van der Waals surface area (Å²) in [5, 5.41) is 5.02. The highest BCUT2D eigenvalue weighted by molar-refractivity contribution is 5.88. The van der Waals surface area contributed by atoms with E-state index in [4.69, 9.17) is 9.47 Å². The number of nitrogens with one attached hydrogen (secondary N) is 2. The standard InChI is InChI=1S/C18H26N2O5/c1-4-24-16(21)11-19-17(22)15(10-13(2)3)20-18(23)25-12-14-8-6-5-7-9-14/h5-9,13,15H,4,10-12H2,1-3H3,(H,19,22)(H,20,23)/t15-/m0/s1. The van der Waals surface area contributed by atoms with E-state index in [-0.39, 0.29) is 25.7 Å². The Balaban J connectivity index is 2.51. The molecule has 1 aromatic carbocycles. The molecule has 0 aliphatic rings. The molecule has 25 heavy (non-hydrogen) atoms. The van der Waals surface area contributed by atoms with Crippen molar-refractivity contribution in [2.24, 2.45) is 5.92 Å². The maximum absolute atomic E-state index is 12.2. The molecule has 0 saturated heterocycles. The van der Waals surface area contributed by atoms with Crippen LogP contribution in [0.15, 0.2) is 30.3 Å². The molecule has 0 aliphatic heterocycles. The van der Waals surface area contributed by atoms with Gasteiger partial charge in [0.25, 0.3) is 0 Å². The van der Waals surface area contributed by atoms with Crippen LogP contribution in [0.4, 0.5) is 4.79 Å². The second-order valence-electron chi connectivity index (χ2n) is 5.91. The van der Waals surface area contributed by atoms with Crippen molar-refractivity contribution in [3.05, 3.63) is 35.9 Å². The van der Waals surface area contributed by atoms with Crippen LogP contribution in [0.2, 0.25) is 0 Å². The third kappa shape index (κ3) is 8.74. The molecule has 0 unspecified atom stereocenters. The number of carbonyl (C=O) groups is 3. The van der Waals surface area contributed by atoms with Gasteiger partial charge in [0.05, 0.1) is 6.61 Å². The van der Waals surface area contributed by atoms with Crippen LogP contribution in [0, 0.1) is 5.92 Å². The van der Waals surface area contributed by atoms with Crippen molar-refractivity contribution < 1.29 is 23.9 Å². The lowest BCUT2D eigenvalue weighted by Crippen LogP contribution is -2.48. The summed E-state index contributed by atoms with van der Waals surface area (Å²) >= 11 is 0. The fourth-order valence-electron chi connectivity index (χ4n) is 2.10. The molecule has 7 heteroatoms. The van der Waals surface area contributed by atoms with Crippen LogP contribution in [-0.2, 0) is 25.7 Å². The Bertz CT molecular complexity index is 560. The lowest BCUT2D eigenvalue weighted by Gasteiger charge is -2.19. The smallest absolute Gasteiger partial charge is 0.408 e. The summed E-state index contributed by atoms with van der Waals surface area (Å²) < 4.78 is 9.89. The van der Waals surface area contributed by atoms with Crippen molar-refractivity contribution in [3.63, 3.8) is 0 Å². The number of alkyl carbamates (subject to hydrolysis) is 1. The summed E-state index contributed by atoms with van der Waals surface area (Å²) in [7, 11) is 0. The molecule has 0 fully saturated rings. The average Bonchev–Trinajstić information content (AvgIpc) is 2.58. The minimum absolute atomic E-state index is 0.117. The maximum Gasteiger partial charge on any atom is 0.408 e. The van der Waals surface area contributed by atoms with Crippen molar-refractivity contribution in [1.82, 2.24) is 10.6 Å². The van der Waals surface area contributed by atoms with E-state index in [9.17, 15) is 14.4 Å². The van der Waals surface area contributed by atoms with Gasteiger partial charge in [0, 0.05) is 0 Å². The van der Waals surface area contributed by atoms with Gasteiger partial charge in [0.2, 0.25) is 5.91 Å². The van der Waals surface area contributed by atoms with Gasteiger partial charge < -0.3 is 20.1 Å². The summed E-state index contributed by atoms with van der Waals surface area (Å²) in [6.45, 7) is 5.68. The molecule has 0 aliphatic carbocycles. The van der Waals surface area contributed by atoms with Crippen molar-refractivity contribution in [2.45, 2.75) is 39.8 Å². The zero-order chi connectivity index (χ0) is 18.7. The van der Waals surface area contributed by atoms with E-state index in [1.807, 2.05) is 44.2 Å². The zero-order valence-electron chi connectivity index (χ0n) is 14.9. The Morgan fingerprint density at radius 2 is 1.76 bits per heavy atom. The molecule has 138 valence electrons. The molecule has 0 saturated carbocycles. The van der Waals surface area contributed by atoms with E-state index >= 15 is 0 Å². The first-order valence-electron chi connectivity index (χ1n) is 8.32. The number of benzene rings is 1. The van der Waals surface area contributed by atoms with Crippen LogP contribution >= 0.6 is 0 Å². The Kier molecular flexibility index (Phi) is 9.06. The zero-order valence-corrected chi connectivity index (χ0v) is 14.9. The molecule has 1 atom stereocenters. The van der Waals surface area contributed by atoms with Crippen LogP contribution in [0.3, 0.4) is 0 Å². The van der Waals surface area contributed by atoms with Crippen molar-refractivity contribution in [3.8, 4) is 0 Å². The molecule has 2 N–H and O–H groups in total. The third-order valence-corrected chi connectivity index (χ3v) is 3.24. The first kappa shape index (κ1) is 20.5. The van der Waals surface area contributed by atoms with Crippen LogP contribution < -0.4 is 10.6 Å². The molecule has 1 aromatic rings. The van der Waals surface area contributed by atoms with Crippen LogP contribution in [0.1, 0.15) is 32.8 Å². The van der Waals surface area contributed by atoms with Gasteiger partial charge in [0.1, 0.15) is 19.2 Å². The summed E-state index contributed by atoms with van der Waals surface area (Å²) in [5.41, 5.74) is 0.852. The van der Waals surface area contributed by atoms with Gasteiger partial charge in [-0.1, -0.05) is 44.2 Å². The predicted octanol–water partition coefficient (Wildman–Crippen LogP) is 2.01. The lowest BCUT2D eigenvalue weighted by molar-refractivity contribution is -0.143. The molecule has 0 bridgehead atoms. The predicted molar refractivity (Wildman–Crippen MR) is 92.6 cm³/mol. The number of hydrogen-bond acceptors (Lipinski definition) is 5. The van der Waals surface area contributed by atoms with Crippen LogP contribution in [-0.4, -0.2) is 37.2 Å². The number of ether oxygens (including phenoxy) is 2. The maximum atomic E-state index is 12.2. The first-order chi connectivity index (χ1) is 11.9. The van der Waals surface area contributed by atoms with Crippen molar-refractivity contribution >= 4 is 18.0 Å². The average molecular weight is 350 g/mol. The lowest BCUT2D eigenvalue weighted by atomic mass is 10.0. The number of esters is 1. The summed E-state index contributed by atoms with van der Waals surface area (Å²) in [6.07, 6.45) is -0.254. The summed E-state index contributed by atoms with van der Waals surface area (Å²) in [4.78, 5) is 35.5. The van der Waals surface area contributed by atoms with Gasteiger partial charge in [-0.2, -0.15) is 0 Å². The SMILES string of the molecule is CCOC(=O)CNC(=O)[C@H](CC(C)C)NC(=O)OCc1ccccc1. The molecule has 2 amide bonds. The first-order valence-corrected chi connectivity index (χ1v) is 8.32. The van der Waals surface area contributed by atoms with E-state index in [0.29, 0.717) is 6.42 Å². The monoisotopic (exact) mass is 350 g/mol. The second kappa shape index (κ2) is 11.1. The van der Waals surface area contributed by atoms with Gasteiger partial charge in [0.15, 0.2) is 0 Å². The fourth-order valence-corrected chi connectivity index (χ4v) is 2.10. The van der Waals surface area contributed by atoms with E-state index in [2.05, 4.69) is 10.6 Å². The number of hydrogen-bond donors (Lipinski definition) is 2. The van der Waals surface area contributed by atoms with E-state index in [1.165, 1.54) is 0 Å². The van der Waals surface area contributed by atoms with Gasteiger partial charge in [-0.05, 0) is 24.8 Å². The molecule has 0 spiro atoms. The van der Waals surface area contributed by atoms with Gasteiger partial charge in [-0.25, -0.2) is 4.79 Å². The molecular formula is C18H26N2O5. The normalized spacial score (nSPS) is 11.5. The third-order valence-electron chi connectivity index (χ3n) is 3.24. The van der Waals surface area contributed by atoms with Gasteiger partial charge >= 0.3 is 12.1 Å². The molecule has 0 heterocycles. The van der Waals surface area contributed by atoms with Crippen LogP contribution in [0.25, 0.3) is 0 Å². The summed E-state index contributed by atoms with van der Waals surface area (Å²) in [5.74, 6) is -0.794. The Hall–Kier alpha value is -2.57. The number of amides is 2. The van der Waals surface area contributed by atoms with E-state index in [1.54, 1.807) is 6.92 Å². The van der Waals surface area contributed by atoms with Gasteiger partial charge in [-0.3, -0.25) is 9.59 Å². The molecular weight excluding hydrogens is 324 g/mol. The highest BCUT2D eigenvalue weighted by atomic mass is 16.5. The molecule has 1 rings (SSSR count). The quantitative estimate of drug-likeness (QED) is 0.665.